The number of ether oxygens (including phenoxy) is 4. The van der Waals surface area contributed by atoms with Crippen molar-refractivity contribution in [2.75, 3.05) is 26.4 Å². The van der Waals surface area contributed by atoms with E-state index in [0.717, 1.165) is 57.8 Å². The molecule has 0 radical (unpaired) electrons. The second-order valence-corrected chi connectivity index (χ2v) is 18.5. The Balaban J connectivity index is 2.36. The molecule has 1 heterocycles. The minimum Gasteiger partial charge on any atom is -0.457 e. The zero-order valence-electron chi connectivity index (χ0n) is 39.6. The Morgan fingerprint density at radius 1 is 0.603 bits per heavy atom. The van der Waals surface area contributed by atoms with Crippen LogP contribution in [0.1, 0.15) is 213 Å². The van der Waals surface area contributed by atoms with E-state index in [-0.39, 0.29) is 19.6 Å². The average molecular weight is 917 g/mol. The number of unbranched alkanes of at least 4 members (excludes halogenated alkanes) is 25. The molecule has 1 aliphatic heterocycles. The molecule has 0 saturated carbocycles. The highest BCUT2D eigenvalue weighted by Crippen LogP contribution is 2.26. The first-order valence-electron chi connectivity index (χ1n) is 25.2. The number of hydrogen-bond acceptors (Lipinski definition) is 11. The van der Waals surface area contributed by atoms with Crippen LogP contribution in [0.4, 0.5) is 0 Å². The molecule has 12 nitrogen and oxygen atoms in total. The third kappa shape index (κ3) is 35.2. The summed E-state index contributed by atoms with van der Waals surface area (Å²) in [6.07, 6.45) is 40.3. The van der Waals surface area contributed by atoms with E-state index in [0.29, 0.717) is 13.0 Å². The van der Waals surface area contributed by atoms with Crippen LogP contribution in [0, 0.1) is 0 Å². The van der Waals surface area contributed by atoms with Gasteiger partial charge < -0.3 is 34.3 Å². The molecule has 0 amide bonds. The molecule has 0 aromatic heterocycles. The molecule has 63 heavy (non-hydrogen) atoms. The van der Waals surface area contributed by atoms with Gasteiger partial charge in [0.2, 0.25) is 0 Å². The Labute approximate surface area is 383 Å². The molecule has 1 aliphatic rings. The zero-order chi connectivity index (χ0) is 46.1. The van der Waals surface area contributed by atoms with E-state index in [1.807, 2.05) is 0 Å². The lowest BCUT2D eigenvalue weighted by Gasteiger charge is -2.41. The summed E-state index contributed by atoms with van der Waals surface area (Å²) in [5.74, 6) is -0.401. The summed E-state index contributed by atoms with van der Waals surface area (Å²) in [4.78, 5) is 12.9. The number of esters is 1. The Morgan fingerprint density at radius 2 is 1.05 bits per heavy atom. The highest BCUT2D eigenvalue weighted by molar-refractivity contribution is 7.80. The molecule has 0 bridgehead atoms. The number of carbonyl (C=O) groups excluding carboxylic acids is 1. The highest BCUT2D eigenvalue weighted by atomic mass is 32.3. The Kier molecular flexibility index (Phi) is 39.3. The lowest BCUT2D eigenvalue weighted by Crippen LogP contribution is -2.60. The highest BCUT2D eigenvalue weighted by Gasteiger charge is 2.48. The van der Waals surface area contributed by atoms with Gasteiger partial charge in [-0.3, -0.25) is 9.35 Å². The Hall–Kier alpha value is -1.68. The minimum absolute atomic E-state index is 0.0317. The molecular formula is C50H92O12S. The summed E-state index contributed by atoms with van der Waals surface area (Å²) >= 11 is 0. The van der Waals surface area contributed by atoms with E-state index < -0.39 is 59.8 Å². The maximum absolute atomic E-state index is 12.9. The Bertz CT molecular complexity index is 1240. The molecule has 6 atom stereocenters. The van der Waals surface area contributed by atoms with Crippen LogP contribution in [0.5, 0.6) is 0 Å². The largest absolute Gasteiger partial charge is 0.457 e. The van der Waals surface area contributed by atoms with E-state index in [4.69, 9.17) is 18.9 Å². The van der Waals surface area contributed by atoms with Crippen LogP contribution in [0.2, 0.25) is 0 Å². The van der Waals surface area contributed by atoms with Crippen molar-refractivity contribution in [1.29, 1.82) is 0 Å². The number of hydrogen-bond donors (Lipinski definition) is 4. The van der Waals surface area contributed by atoms with Crippen molar-refractivity contribution in [1.82, 2.24) is 0 Å². The predicted molar refractivity (Wildman–Crippen MR) is 253 cm³/mol. The first-order chi connectivity index (χ1) is 30.6. The maximum Gasteiger partial charge on any atom is 0.397 e. The van der Waals surface area contributed by atoms with Gasteiger partial charge in [-0.05, 0) is 51.4 Å². The predicted octanol–water partition coefficient (Wildman–Crippen LogP) is 11.4. The quantitative estimate of drug-likeness (QED) is 0.0197. The van der Waals surface area contributed by atoms with Gasteiger partial charge in [-0.2, -0.15) is 8.42 Å². The third-order valence-electron chi connectivity index (χ3n) is 11.5. The summed E-state index contributed by atoms with van der Waals surface area (Å²) in [6, 6.07) is 0. The topological polar surface area (TPSA) is 178 Å². The molecule has 13 heteroatoms. The van der Waals surface area contributed by atoms with Crippen LogP contribution in [0.15, 0.2) is 36.5 Å². The Morgan fingerprint density at radius 3 is 1.52 bits per heavy atom. The number of rotatable bonds is 44. The summed E-state index contributed by atoms with van der Waals surface area (Å²) in [6.45, 7) is 3.98. The molecule has 1 saturated heterocycles. The van der Waals surface area contributed by atoms with Crippen molar-refractivity contribution in [3.8, 4) is 0 Å². The number of allylic oxidation sites excluding steroid dienone is 6. The van der Waals surface area contributed by atoms with Crippen molar-refractivity contribution in [3.05, 3.63) is 36.5 Å². The van der Waals surface area contributed by atoms with Crippen LogP contribution in [-0.4, -0.2) is 97.5 Å². The summed E-state index contributed by atoms with van der Waals surface area (Å²) in [7, 11) is -5.06. The van der Waals surface area contributed by atoms with Crippen LogP contribution < -0.4 is 0 Å². The fourth-order valence-electron chi connectivity index (χ4n) is 7.68. The van der Waals surface area contributed by atoms with Crippen molar-refractivity contribution in [2.45, 2.75) is 250 Å². The third-order valence-corrected chi connectivity index (χ3v) is 12.0. The molecule has 0 aliphatic carbocycles. The normalized spacial score (nSPS) is 20.1. The summed E-state index contributed by atoms with van der Waals surface area (Å²) < 4.78 is 59.2. The van der Waals surface area contributed by atoms with Crippen LogP contribution in [0.3, 0.4) is 0 Å². The van der Waals surface area contributed by atoms with Gasteiger partial charge >= 0.3 is 16.4 Å². The molecule has 4 N–H and O–H groups in total. The van der Waals surface area contributed by atoms with Gasteiger partial charge in [0.05, 0.1) is 19.8 Å². The average Bonchev–Trinajstić information content (AvgIpc) is 3.26. The fraction of sp³-hybridized carbons (Fsp3) is 0.860. The maximum atomic E-state index is 12.9. The molecule has 1 rings (SSSR count). The van der Waals surface area contributed by atoms with Gasteiger partial charge in [0.1, 0.15) is 30.5 Å². The molecule has 6 unspecified atom stereocenters. The van der Waals surface area contributed by atoms with E-state index in [9.17, 15) is 33.1 Å². The van der Waals surface area contributed by atoms with Gasteiger partial charge in [0.15, 0.2) is 6.29 Å². The van der Waals surface area contributed by atoms with Gasteiger partial charge in [-0.1, -0.05) is 192 Å². The van der Waals surface area contributed by atoms with Crippen molar-refractivity contribution in [2.24, 2.45) is 0 Å². The first kappa shape index (κ1) is 59.3. The molecule has 0 spiro atoms. The standard InChI is InChI=1S/C50H92O12S/c1-3-5-7-9-11-13-15-17-19-20-21-22-23-24-25-26-28-30-32-34-36-38-40-58-42-44(43-59-50-48(54)49(62-63(55,56)57)47(53)45(41-51)61-50)60-46(52)39-37-35-33-31-29-27-18-16-14-12-10-8-6-4-2/h15,17,20-21,23-24,44-45,47-51,53-54H,3-14,16,18-19,22,25-43H2,1-2H3,(H,55,56,57)/b17-15-,21-20-,24-23-. The molecule has 0 aromatic carbocycles. The van der Waals surface area contributed by atoms with Gasteiger partial charge in [0, 0.05) is 13.0 Å². The zero-order valence-corrected chi connectivity index (χ0v) is 40.5. The lowest BCUT2D eigenvalue weighted by atomic mass is 9.99. The SMILES string of the molecule is CCCCCCC/C=C\C/C=C\C/C=C\CCCCCCCCCOCC(COC1OC(CO)C(O)C(OS(=O)(=O)O)C1O)OC(=O)CCCCCCCCCCCCCCCC. The lowest BCUT2D eigenvalue weighted by molar-refractivity contribution is -0.301. The van der Waals surface area contributed by atoms with E-state index in [1.165, 1.54) is 128 Å². The van der Waals surface area contributed by atoms with Gasteiger partial charge in [-0.25, -0.2) is 4.18 Å². The number of aliphatic hydroxyl groups is 3. The molecule has 370 valence electrons. The first-order valence-corrected chi connectivity index (χ1v) is 26.6. The van der Waals surface area contributed by atoms with E-state index >= 15 is 0 Å². The van der Waals surface area contributed by atoms with E-state index in [1.54, 1.807) is 0 Å². The van der Waals surface area contributed by atoms with Crippen LogP contribution in [-0.2, 0) is 38.3 Å². The molecule has 0 aromatic rings. The molecule has 1 fully saturated rings. The number of carbonyl (C=O) groups is 1. The number of aliphatic hydroxyl groups excluding tert-OH is 3. The van der Waals surface area contributed by atoms with Gasteiger partial charge in [-0.15, -0.1) is 0 Å². The second kappa shape index (κ2) is 41.7. The van der Waals surface area contributed by atoms with Crippen molar-refractivity contribution < 1.29 is 56.2 Å². The summed E-state index contributed by atoms with van der Waals surface area (Å²) in [5.41, 5.74) is 0. The van der Waals surface area contributed by atoms with Crippen molar-refractivity contribution in [3.63, 3.8) is 0 Å². The monoisotopic (exact) mass is 917 g/mol. The van der Waals surface area contributed by atoms with Crippen LogP contribution in [0.25, 0.3) is 0 Å². The minimum atomic E-state index is -5.06. The van der Waals surface area contributed by atoms with E-state index in [2.05, 4.69) is 54.5 Å². The van der Waals surface area contributed by atoms with Gasteiger partial charge in [0.25, 0.3) is 0 Å². The second-order valence-electron chi connectivity index (χ2n) is 17.4. The fourth-order valence-corrected chi connectivity index (χ4v) is 8.19. The summed E-state index contributed by atoms with van der Waals surface area (Å²) in [5, 5.41) is 30.7. The van der Waals surface area contributed by atoms with Crippen molar-refractivity contribution >= 4 is 16.4 Å². The van der Waals surface area contributed by atoms with Crippen LogP contribution >= 0.6 is 0 Å². The smallest absolute Gasteiger partial charge is 0.397 e. The molecular weight excluding hydrogens is 825 g/mol.